The highest BCUT2D eigenvalue weighted by molar-refractivity contribution is 7.28. The van der Waals surface area contributed by atoms with Gasteiger partial charge < -0.3 is 0 Å². The van der Waals surface area contributed by atoms with E-state index in [4.69, 9.17) is 0 Å². The van der Waals surface area contributed by atoms with Crippen molar-refractivity contribution < 1.29 is 36.7 Å². The van der Waals surface area contributed by atoms with Gasteiger partial charge in [0.15, 0.2) is 0 Å². The number of Topliss-reactive ketones (excluding diaryl/α,β-unsaturated/α-hetero) is 4. The molecule has 0 atom stereocenters. The number of carbonyl (C=O) groups is 4. The van der Waals surface area contributed by atoms with Crippen molar-refractivity contribution in [2.45, 2.75) is 0 Å². The first-order chi connectivity index (χ1) is 20.6. The molecule has 43 heavy (non-hydrogen) atoms. The van der Waals surface area contributed by atoms with Crippen LogP contribution < -0.4 is 0 Å². The normalized spacial score (nSPS) is 16.7. The van der Waals surface area contributed by atoms with E-state index in [1.54, 1.807) is 0 Å². The number of nitrogens with zero attached hydrogens (tertiary/aromatic N) is 4. The number of aromatic nitrogens is 4. The summed E-state index contributed by atoms with van der Waals surface area (Å²) in [5.74, 6) is -8.36. The van der Waals surface area contributed by atoms with E-state index in [2.05, 4.69) is 18.7 Å². The van der Waals surface area contributed by atoms with Gasteiger partial charge in [0.1, 0.15) is 55.4 Å². The van der Waals surface area contributed by atoms with Crippen LogP contribution in [0.2, 0.25) is 0 Å². The molecule has 2 aliphatic carbocycles. The number of allylic oxidation sites excluding steroid dienone is 2. The molecule has 3 aromatic carbocycles. The fourth-order valence-corrected chi connectivity index (χ4v) is 7.91. The molecule has 6 aromatic rings. The number of fused-ring (bicyclic) bond motifs is 8. The van der Waals surface area contributed by atoms with Crippen molar-refractivity contribution in [2.24, 2.45) is 0 Å². The molecule has 15 heteroatoms. The summed E-state index contributed by atoms with van der Waals surface area (Å²) in [6.45, 7) is 0. The lowest BCUT2D eigenvalue weighted by Crippen LogP contribution is -2.07. The molecule has 0 radical (unpaired) electrons. The zero-order valence-corrected chi connectivity index (χ0v) is 23.1. The number of halogens is 4. The molecule has 3 aromatic heterocycles. The second-order valence-corrected chi connectivity index (χ2v) is 12.1. The summed E-state index contributed by atoms with van der Waals surface area (Å²) in [4.78, 5) is 59.4. The van der Waals surface area contributed by atoms with Crippen LogP contribution in [0.15, 0.2) is 24.3 Å². The van der Waals surface area contributed by atoms with Gasteiger partial charge in [0.05, 0.1) is 32.3 Å². The van der Waals surface area contributed by atoms with Crippen LogP contribution in [-0.4, -0.2) is 41.8 Å². The SMILES string of the molecule is O=C1C(=O)c2c(F)cc(F)cc2/C1=C/c1nc2c3nsnc3c3nc(/C=C4\C(=O)C(=O)c5c(F)cc(F)cc54)sc3c2s1. The Morgan fingerprint density at radius 1 is 0.558 bits per heavy atom. The van der Waals surface area contributed by atoms with Gasteiger partial charge in [0, 0.05) is 34.4 Å². The summed E-state index contributed by atoms with van der Waals surface area (Å²) in [7, 11) is 0. The van der Waals surface area contributed by atoms with Crippen LogP contribution in [0.1, 0.15) is 41.9 Å². The molecular weight excluding hydrogens is 629 g/mol. The van der Waals surface area contributed by atoms with E-state index in [0.29, 0.717) is 43.6 Å². The number of carbonyl (C=O) groups excluding carboxylic acids is 4. The zero-order chi connectivity index (χ0) is 29.9. The number of hydrogen-bond acceptors (Lipinski definition) is 11. The van der Waals surface area contributed by atoms with Crippen LogP contribution in [0.3, 0.4) is 0 Å². The third kappa shape index (κ3) is 3.58. The monoisotopic (exact) mass is 634 g/mol. The molecule has 0 bridgehead atoms. The number of hydrogen-bond donors (Lipinski definition) is 0. The van der Waals surface area contributed by atoms with E-state index < -0.39 is 57.5 Å². The van der Waals surface area contributed by atoms with Gasteiger partial charge in [0.2, 0.25) is 23.1 Å². The third-order valence-corrected chi connectivity index (χ3v) is 9.71. The average molecular weight is 635 g/mol. The standard InChI is InChI=1S/C28H6F4N4O4S3/c29-7-1-9-11(23(37)25(39)17(9)13(31)3-7)5-15-33-21-19-20(36-43-35-19)22-28(27(21)41-15)42-16(34-22)6-12-10-2-8(30)4-14(32)18(10)26(40)24(12)38/h1-6H/b11-5-,12-6-. The molecular formula is C28H6F4N4O4S3. The van der Waals surface area contributed by atoms with Crippen molar-refractivity contribution in [1.29, 1.82) is 0 Å². The van der Waals surface area contributed by atoms with Gasteiger partial charge in [-0.3, -0.25) is 19.2 Å². The van der Waals surface area contributed by atoms with Crippen molar-refractivity contribution in [3.8, 4) is 0 Å². The van der Waals surface area contributed by atoms with Crippen molar-refractivity contribution in [1.82, 2.24) is 18.7 Å². The van der Waals surface area contributed by atoms with Crippen LogP contribution in [0.4, 0.5) is 17.6 Å². The second kappa shape index (κ2) is 8.82. The van der Waals surface area contributed by atoms with Gasteiger partial charge in [0.25, 0.3) is 0 Å². The number of rotatable bonds is 2. The molecule has 8 nitrogen and oxygen atoms in total. The molecule has 0 saturated carbocycles. The zero-order valence-electron chi connectivity index (χ0n) is 20.6. The summed E-state index contributed by atoms with van der Waals surface area (Å²) < 4.78 is 66.4. The summed E-state index contributed by atoms with van der Waals surface area (Å²) in [6.07, 6.45) is 2.56. The minimum Gasteiger partial charge on any atom is -0.285 e. The predicted molar refractivity (Wildman–Crippen MR) is 151 cm³/mol. The Hall–Kier alpha value is -4.86. The first-order valence-corrected chi connectivity index (χ1v) is 14.4. The number of thiazole rings is 2. The molecule has 0 fully saturated rings. The van der Waals surface area contributed by atoms with E-state index in [9.17, 15) is 36.7 Å². The number of ketones is 4. The Balaban J connectivity index is 1.32. The van der Waals surface area contributed by atoms with Gasteiger partial charge in [-0.25, -0.2) is 27.5 Å². The molecule has 0 saturated heterocycles. The van der Waals surface area contributed by atoms with E-state index in [1.165, 1.54) is 12.2 Å². The van der Waals surface area contributed by atoms with Crippen LogP contribution >= 0.6 is 34.4 Å². The maximum atomic E-state index is 14.3. The first-order valence-electron chi connectivity index (χ1n) is 12.1. The van der Waals surface area contributed by atoms with Gasteiger partial charge >= 0.3 is 0 Å². The lowest BCUT2D eigenvalue weighted by atomic mass is 10.1. The van der Waals surface area contributed by atoms with E-state index >= 15 is 0 Å². The minimum absolute atomic E-state index is 0.173. The Bertz CT molecular complexity index is 2270. The maximum absolute atomic E-state index is 14.3. The van der Waals surface area contributed by atoms with Gasteiger partial charge in [-0.15, -0.1) is 22.7 Å². The molecule has 0 N–H and O–H groups in total. The molecule has 208 valence electrons. The second-order valence-electron chi connectivity index (χ2n) is 9.47. The van der Waals surface area contributed by atoms with E-state index in [0.717, 1.165) is 46.5 Å². The summed E-state index contributed by atoms with van der Waals surface area (Å²) >= 11 is 3.08. The smallest absolute Gasteiger partial charge is 0.237 e. The Morgan fingerprint density at radius 2 is 0.977 bits per heavy atom. The summed E-state index contributed by atoms with van der Waals surface area (Å²) in [6, 6.07) is 2.89. The minimum atomic E-state index is -1.14. The van der Waals surface area contributed by atoms with E-state index in [-0.39, 0.29) is 32.3 Å². The fraction of sp³-hybridized carbons (Fsp3) is 0. The Kier molecular flexibility index (Phi) is 5.30. The van der Waals surface area contributed by atoms with Gasteiger partial charge in [-0.05, 0) is 24.3 Å². The molecule has 0 aliphatic heterocycles. The topological polar surface area (TPSA) is 120 Å². The van der Waals surface area contributed by atoms with Gasteiger partial charge in [-0.1, -0.05) is 0 Å². The lowest BCUT2D eigenvalue weighted by Gasteiger charge is -1.99. The van der Waals surface area contributed by atoms with Gasteiger partial charge in [-0.2, -0.15) is 8.75 Å². The average Bonchev–Trinajstić information content (AvgIpc) is 3.75. The summed E-state index contributed by atoms with van der Waals surface area (Å²) in [5.41, 5.74) is -0.239. The number of benzene rings is 3. The van der Waals surface area contributed by atoms with Crippen LogP contribution in [0.5, 0.6) is 0 Å². The molecule has 3 heterocycles. The van der Waals surface area contributed by atoms with Crippen molar-refractivity contribution in [3.05, 3.63) is 79.8 Å². The molecule has 0 spiro atoms. The van der Waals surface area contributed by atoms with E-state index in [1.807, 2.05) is 0 Å². The third-order valence-electron chi connectivity index (χ3n) is 7.01. The highest BCUT2D eigenvalue weighted by atomic mass is 32.1. The Morgan fingerprint density at radius 3 is 1.40 bits per heavy atom. The fourth-order valence-electron chi connectivity index (χ4n) is 5.21. The highest BCUT2D eigenvalue weighted by Gasteiger charge is 2.38. The maximum Gasteiger partial charge on any atom is 0.237 e. The van der Waals surface area contributed by atoms with Crippen molar-refractivity contribution in [3.63, 3.8) is 0 Å². The van der Waals surface area contributed by atoms with Crippen molar-refractivity contribution >= 4 is 112 Å². The Labute approximate surface area is 247 Å². The lowest BCUT2D eigenvalue weighted by molar-refractivity contribution is -0.110. The highest BCUT2D eigenvalue weighted by Crippen LogP contribution is 2.43. The molecule has 0 unspecified atom stereocenters. The quantitative estimate of drug-likeness (QED) is 0.128. The van der Waals surface area contributed by atoms with Crippen LogP contribution in [-0.2, 0) is 9.59 Å². The van der Waals surface area contributed by atoms with Crippen LogP contribution in [0.25, 0.3) is 54.8 Å². The summed E-state index contributed by atoms with van der Waals surface area (Å²) in [5, 5.41) is 0.463. The largest absolute Gasteiger partial charge is 0.285 e. The molecule has 8 rings (SSSR count). The van der Waals surface area contributed by atoms with Crippen LogP contribution in [0, 0.1) is 23.3 Å². The first kappa shape index (κ1) is 25.8. The molecule has 0 amide bonds. The molecule has 2 aliphatic rings. The predicted octanol–water partition coefficient (Wildman–Crippen LogP) is 6.08. The van der Waals surface area contributed by atoms with Crippen molar-refractivity contribution in [2.75, 3.05) is 0 Å².